The molecule has 1 aliphatic carbocycles. The summed E-state index contributed by atoms with van der Waals surface area (Å²) >= 11 is 0. The quantitative estimate of drug-likeness (QED) is 0.821. The maximum absolute atomic E-state index is 3.68. The van der Waals surface area contributed by atoms with Gasteiger partial charge in [-0.05, 0) is 57.0 Å². The van der Waals surface area contributed by atoms with Crippen LogP contribution in [0.2, 0.25) is 0 Å². The van der Waals surface area contributed by atoms with Crippen LogP contribution in [-0.2, 0) is 0 Å². The third-order valence-corrected chi connectivity index (χ3v) is 6.20. The van der Waals surface area contributed by atoms with Crippen molar-refractivity contribution in [2.45, 2.75) is 78.3 Å². The molecule has 1 saturated carbocycles. The molecule has 0 amide bonds. The summed E-state index contributed by atoms with van der Waals surface area (Å²) in [5, 5.41) is 3.68. The number of hydrogen-bond acceptors (Lipinski definition) is 2. The maximum Gasteiger partial charge on any atom is 0.0120 e. The van der Waals surface area contributed by atoms with Crippen molar-refractivity contribution >= 4 is 0 Å². The molecule has 20 heavy (non-hydrogen) atoms. The predicted molar refractivity (Wildman–Crippen MR) is 88.0 cm³/mol. The SMILES string of the molecule is CCNC1CCN(CC2CCC(CC)CC2)C(C)C1C. The molecule has 1 aliphatic heterocycles. The van der Waals surface area contributed by atoms with E-state index in [0.29, 0.717) is 0 Å². The molecular weight excluding hydrogens is 244 g/mol. The van der Waals surface area contributed by atoms with Crippen LogP contribution in [0.15, 0.2) is 0 Å². The van der Waals surface area contributed by atoms with E-state index in [1.165, 1.54) is 51.6 Å². The zero-order valence-electron chi connectivity index (χ0n) is 14.2. The van der Waals surface area contributed by atoms with Crippen LogP contribution in [0, 0.1) is 17.8 Å². The fourth-order valence-corrected chi connectivity index (χ4v) is 4.40. The van der Waals surface area contributed by atoms with Crippen LogP contribution >= 0.6 is 0 Å². The molecule has 0 aromatic carbocycles. The largest absolute Gasteiger partial charge is 0.314 e. The molecule has 0 bridgehead atoms. The second-order valence-corrected chi connectivity index (χ2v) is 7.34. The van der Waals surface area contributed by atoms with Crippen LogP contribution in [-0.4, -0.2) is 36.6 Å². The lowest BCUT2D eigenvalue weighted by molar-refractivity contribution is 0.0608. The summed E-state index contributed by atoms with van der Waals surface area (Å²) in [6, 6.07) is 1.48. The Labute approximate surface area is 126 Å². The number of nitrogens with one attached hydrogen (secondary N) is 1. The number of nitrogens with zero attached hydrogens (tertiary/aromatic N) is 1. The Morgan fingerprint density at radius 3 is 2.20 bits per heavy atom. The standard InChI is InChI=1S/C18H36N2/c1-5-16-7-9-17(10-8-16)13-20-12-11-18(19-6-2)14(3)15(20)4/h14-19H,5-13H2,1-4H3. The van der Waals surface area contributed by atoms with E-state index in [4.69, 9.17) is 0 Å². The van der Waals surface area contributed by atoms with Crippen molar-refractivity contribution in [3.8, 4) is 0 Å². The molecule has 1 saturated heterocycles. The number of piperidine rings is 1. The molecular formula is C18H36N2. The van der Waals surface area contributed by atoms with Gasteiger partial charge in [-0.1, -0.05) is 40.0 Å². The summed E-state index contributed by atoms with van der Waals surface area (Å²) < 4.78 is 0. The third-order valence-electron chi connectivity index (χ3n) is 6.20. The lowest BCUT2D eigenvalue weighted by atomic mass is 9.79. The number of hydrogen-bond donors (Lipinski definition) is 1. The van der Waals surface area contributed by atoms with Gasteiger partial charge in [-0.15, -0.1) is 0 Å². The molecule has 2 rings (SSSR count). The topological polar surface area (TPSA) is 15.3 Å². The summed E-state index contributed by atoms with van der Waals surface area (Å²) in [6.45, 7) is 13.3. The second-order valence-electron chi connectivity index (χ2n) is 7.34. The average molecular weight is 280 g/mol. The highest BCUT2D eigenvalue weighted by Gasteiger charge is 2.33. The van der Waals surface area contributed by atoms with Gasteiger partial charge in [-0.3, -0.25) is 0 Å². The first-order valence-corrected chi connectivity index (χ1v) is 9.13. The fourth-order valence-electron chi connectivity index (χ4n) is 4.40. The Kier molecular flexibility index (Phi) is 6.35. The van der Waals surface area contributed by atoms with E-state index in [-0.39, 0.29) is 0 Å². The highest BCUT2D eigenvalue weighted by Crippen LogP contribution is 2.33. The summed E-state index contributed by atoms with van der Waals surface area (Å²) in [4.78, 5) is 2.79. The van der Waals surface area contributed by atoms with Crippen LogP contribution in [0.5, 0.6) is 0 Å². The van der Waals surface area contributed by atoms with Gasteiger partial charge in [0.15, 0.2) is 0 Å². The van der Waals surface area contributed by atoms with Gasteiger partial charge in [0.2, 0.25) is 0 Å². The average Bonchev–Trinajstić information content (AvgIpc) is 2.48. The van der Waals surface area contributed by atoms with Gasteiger partial charge in [0.25, 0.3) is 0 Å². The van der Waals surface area contributed by atoms with Crippen molar-refractivity contribution in [3.63, 3.8) is 0 Å². The molecule has 0 aromatic heterocycles. The van der Waals surface area contributed by atoms with Crippen molar-refractivity contribution in [2.24, 2.45) is 17.8 Å². The van der Waals surface area contributed by atoms with Gasteiger partial charge in [-0.25, -0.2) is 0 Å². The molecule has 0 aromatic rings. The Hall–Kier alpha value is -0.0800. The van der Waals surface area contributed by atoms with Crippen LogP contribution in [0.1, 0.15) is 66.2 Å². The zero-order valence-corrected chi connectivity index (χ0v) is 14.2. The van der Waals surface area contributed by atoms with Crippen LogP contribution in [0.4, 0.5) is 0 Å². The first-order valence-electron chi connectivity index (χ1n) is 9.13. The summed E-state index contributed by atoms with van der Waals surface area (Å²) in [5.74, 6) is 2.79. The molecule has 2 nitrogen and oxygen atoms in total. The Bertz CT molecular complexity index is 271. The van der Waals surface area contributed by atoms with Crippen molar-refractivity contribution in [1.82, 2.24) is 10.2 Å². The van der Waals surface area contributed by atoms with Gasteiger partial charge in [0.1, 0.15) is 0 Å². The molecule has 118 valence electrons. The van der Waals surface area contributed by atoms with Gasteiger partial charge < -0.3 is 10.2 Å². The molecule has 0 spiro atoms. The van der Waals surface area contributed by atoms with Gasteiger partial charge in [-0.2, -0.15) is 0 Å². The van der Waals surface area contributed by atoms with Crippen molar-refractivity contribution in [2.75, 3.05) is 19.6 Å². The summed E-state index contributed by atoms with van der Waals surface area (Å²) in [6.07, 6.45) is 8.66. The van der Waals surface area contributed by atoms with E-state index in [9.17, 15) is 0 Å². The van der Waals surface area contributed by atoms with Crippen molar-refractivity contribution < 1.29 is 0 Å². The summed E-state index contributed by atoms with van der Waals surface area (Å²) in [5.41, 5.74) is 0. The molecule has 1 heterocycles. The molecule has 2 heteroatoms. The van der Waals surface area contributed by atoms with Crippen LogP contribution < -0.4 is 5.32 Å². The highest BCUT2D eigenvalue weighted by atomic mass is 15.2. The smallest absolute Gasteiger partial charge is 0.0120 e. The molecule has 2 aliphatic rings. The maximum atomic E-state index is 3.68. The predicted octanol–water partition coefficient (Wildman–Crippen LogP) is 3.91. The Morgan fingerprint density at radius 2 is 1.60 bits per heavy atom. The van der Waals surface area contributed by atoms with Gasteiger partial charge in [0.05, 0.1) is 0 Å². The normalized spacial score (nSPS) is 39.9. The summed E-state index contributed by atoms with van der Waals surface area (Å²) in [7, 11) is 0. The molecule has 0 radical (unpaired) electrons. The van der Waals surface area contributed by atoms with E-state index in [1.807, 2.05) is 0 Å². The fraction of sp³-hybridized carbons (Fsp3) is 1.00. The molecule has 3 atom stereocenters. The number of likely N-dealkylation sites (tertiary alicyclic amines) is 1. The van der Waals surface area contributed by atoms with E-state index >= 15 is 0 Å². The minimum atomic E-state index is 0.738. The number of rotatable bonds is 5. The first-order chi connectivity index (χ1) is 9.65. The first kappa shape index (κ1) is 16.3. The van der Waals surface area contributed by atoms with E-state index < -0.39 is 0 Å². The molecule has 3 unspecified atom stereocenters. The van der Waals surface area contributed by atoms with Crippen LogP contribution in [0.3, 0.4) is 0 Å². The van der Waals surface area contributed by atoms with E-state index in [1.54, 1.807) is 0 Å². The Balaban J connectivity index is 1.79. The van der Waals surface area contributed by atoms with E-state index in [2.05, 4.69) is 37.9 Å². The minimum absolute atomic E-state index is 0.738. The third kappa shape index (κ3) is 3.98. The highest BCUT2D eigenvalue weighted by molar-refractivity contribution is 4.89. The van der Waals surface area contributed by atoms with Crippen molar-refractivity contribution in [1.29, 1.82) is 0 Å². The lowest BCUT2D eigenvalue weighted by Crippen LogP contribution is -2.54. The zero-order chi connectivity index (χ0) is 14.5. The minimum Gasteiger partial charge on any atom is -0.314 e. The van der Waals surface area contributed by atoms with Crippen molar-refractivity contribution in [3.05, 3.63) is 0 Å². The van der Waals surface area contributed by atoms with Gasteiger partial charge in [0, 0.05) is 18.6 Å². The lowest BCUT2D eigenvalue weighted by Gasteiger charge is -2.45. The monoisotopic (exact) mass is 280 g/mol. The second kappa shape index (κ2) is 7.79. The Morgan fingerprint density at radius 1 is 0.950 bits per heavy atom. The van der Waals surface area contributed by atoms with Crippen LogP contribution in [0.25, 0.3) is 0 Å². The van der Waals surface area contributed by atoms with E-state index in [0.717, 1.165) is 36.4 Å². The molecule has 2 fully saturated rings. The molecule has 1 N–H and O–H groups in total. The van der Waals surface area contributed by atoms with Gasteiger partial charge >= 0.3 is 0 Å².